The Morgan fingerprint density at radius 2 is 1.35 bits per heavy atom. The van der Waals surface area contributed by atoms with Crippen LogP contribution in [0.1, 0.15) is 6.42 Å². The van der Waals surface area contributed by atoms with E-state index >= 15 is 0 Å². The van der Waals surface area contributed by atoms with Gasteiger partial charge in [0.1, 0.15) is 11.7 Å². The summed E-state index contributed by atoms with van der Waals surface area (Å²) >= 11 is 0. The topological polar surface area (TPSA) is 36.8 Å². The molecule has 0 amide bonds. The van der Waals surface area contributed by atoms with Crippen LogP contribution in [0.4, 0.5) is 11.4 Å². The number of nitrogens with zero attached hydrogens (tertiary/aromatic N) is 2. The van der Waals surface area contributed by atoms with Gasteiger partial charge in [-0.3, -0.25) is 0 Å². The van der Waals surface area contributed by atoms with Crippen molar-refractivity contribution in [2.75, 3.05) is 0 Å². The molecule has 1 heterocycles. The molecule has 98 valence electrons. The van der Waals surface area contributed by atoms with E-state index in [4.69, 9.17) is 0 Å². The van der Waals surface area contributed by atoms with Crippen molar-refractivity contribution in [3.63, 3.8) is 0 Å². The van der Waals surface area contributed by atoms with E-state index in [0.717, 1.165) is 29.5 Å². The maximum atomic E-state index is 4.58. The van der Waals surface area contributed by atoms with E-state index in [1.807, 2.05) is 66.7 Å². The lowest BCUT2D eigenvalue weighted by Crippen LogP contribution is -2.31. The summed E-state index contributed by atoms with van der Waals surface area (Å²) in [5, 5.41) is 3.26. The highest BCUT2D eigenvalue weighted by molar-refractivity contribution is 6.10. The molecule has 3 heteroatoms. The average molecular weight is 261 g/mol. The lowest BCUT2D eigenvalue weighted by atomic mass is 10.2. The zero-order chi connectivity index (χ0) is 13.6. The first-order valence-electron chi connectivity index (χ1n) is 6.60. The Morgan fingerprint density at radius 1 is 0.750 bits per heavy atom. The van der Waals surface area contributed by atoms with E-state index in [9.17, 15) is 0 Å². The number of benzene rings is 2. The van der Waals surface area contributed by atoms with Crippen molar-refractivity contribution in [1.82, 2.24) is 5.32 Å². The molecule has 1 aliphatic heterocycles. The van der Waals surface area contributed by atoms with Crippen molar-refractivity contribution < 1.29 is 0 Å². The van der Waals surface area contributed by atoms with Gasteiger partial charge in [0.15, 0.2) is 0 Å². The van der Waals surface area contributed by atoms with E-state index in [0.29, 0.717) is 0 Å². The minimum Gasteiger partial charge on any atom is -0.328 e. The molecule has 0 saturated carbocycles. The van der Waals surface area contributed by atoms with E-state index in [1.54, 1.807) is 0 Å². The summed E-state index contributed by atoms with van der Waals surface area (Å²) in [4.78, 5) is 9.13. The molecule has 0 fully saturated rings. The minimum atomic E-state index is 0.794. The smallest absolute Gasteiger partial charge is 0.131 e. The molecular formula is C17H15N3. The molecule has 1 N–H and O–H groups in total. The van der Waals surface area contributed by atoms with Crippen LogP contribution in [0.2, 0.25) is 0 Å². The number of para-hydroxylation sites is 2. The summed E-state index contributed by atoms with van der Waals surface area (Å²) < 4.78 is 0. The van der Waals surface area contributed by atoms with Crippen molar-refractivity contribution in [3.05, 3.63) is 72.8 Å². The molecule has 3 nitrogen and oxygen atoms in total. The van der Waals surface area contributed by atoms with Crippen molar-refractivity contribution in [3.8, 4) is 0 Å². The second-order valence-corrected chi connectivity index (χ2v) is 4.46. The maximum Gasteiger partial charge on any atom is 0.131 e. The number of hydrogen-bond acceptors (Lipinski definition) is 2. The summed E-state index contributed by atoms with van der Waals surface area (Å²) in [6, 6.07) is 19.8. The summed E-state index contributed by atoms with van der Waals surface area (Å²) in [7, 11) is 0. The second-order valence-electron chi connectivity index (χ2n) is 4.46. The van der Waals surface area contributed by atoms with Crippen LogP contribution in [0, 0.1) is 0 Å². The molecule has 3 rings (SSSR count). The minimum absolute atomic E-state index is 0.794. The fraction of sp³-hybridized carbons (Fsp3) is 0.0588. The predicted molar refractivity (Wildman–Crippen MR) is 84.0 cm³/mol. The lowest BCUT2D eigenvalue weighted by molar-refractivity contribution is 1.20. The number of nitrogens with one attached hydrogen (secondary N) is 1. The van der Waals surface area contributed by atoms with Gasteiger partial charge in [-0.15, -0.1) is 0 Å². The number of rotatable bonds is 2. The summed E-state index contributed by atoms with van der Waals surface area (Å²) in [5.74, 6) is 1.73. The summed E-state index contributed by atoms with van der Waals surface area (Å²) in [5.41, 5.74) is 1.88. The van der Waals surface area contributed by atoms with Gasteiger partial charge in [0.25, 0.3) is 0 Å². The quantitative estimate of drug-likeness (QED) is 0.871. The van der Waals surface area contributed by atoms with Crippen LogP contribution in [0.25, 0.3) is 0 Å². The van der Waals surface area contributed by atoms with Crippen LogP contribution >= 0.6 is 0 Å². The molecule has 0 radical (unpaired) electrons. The van der Waals surface area contributed by atoms with Gasteiger partial charge in [0.2, 0.25) is 0 Å². The second kappa shape index (κ2) is 5.97. The molecule has 0 aliphatic carbocycles. The highest BCUT2D eigenvalue weighted by Crippen LogP contribution is 2.13. The monoisotopic (exact) mass is 261 g/mol. The SMILES string of the molecule is C1=C/C(=N/c2ccccc2)N/C(=N/c2ccccc2)C1. The van der Waals surface area contributed by atoms with Gasteiger partial charge in [0.05, 0.1) is 11.4 Å². The van der Waals surface area contributed by atoms with E-state index < -0.39 is 0 Å². The van der Waals surface area contributed by atoms with Gasteiger partial charge in [-0.25, -0.2) is 9.98 Å². The Kier molecular flexibility index (Phi) is 3.69. The van der Waals surface area contributed by atoms with E-state index in [2.05, 4.69) is 21.4 Å². The van der Waals surface area contributed by atoms with Gasteiger partial charge in [-0.05, 0) is 30.3 Å². The van der Waals surface area contributed by atoms with Crippen LogP contribution < -0.4 is 5.32 Å². The fourth-order valence-corrected chi connectivity index (χ4v) is 1.96. The molecule has 0 atom stereocenters. The van der Waals surface area contributed by atoms with Crippen LogP contribution in [-0.4, -0.2) is 11.7 Å². The predicted octanol–water partition coefficient (Wildman–Crippen LogP) is 4.00. The molecule has 0 aromatic heterocycles. The Balaban J connectivity index is 1.81. The fourth-order valence-electron chi connectivity index (χ4n) is 1.96. The molecule has 0 saturated heterocycles. The van der Waals surface area contributed by atoms with Crippen molar-refractivity contribution in [2.24, 2.45) is 9.98 Å². The molecule has 0 spiro atoms. The van der Waals surface area contributed by atoms with Gasteiger partial charge in [0, 0.05) is 6.42 Å². The molecule has 20 heavy (non-hydrogen) atoms. The zero-order valence-corrected chi connectivity index (χ0v) is 11.0. The Labute approximate surface area is 118 Å². The first-order chi connectivity index (χ1) is 9.90. The van der Waals surface area contributed by atoms with Gasteiger partial charge >= 0.3 is 0 Å². The van der Waals surface area contributed by atoms with Crippen LogP contribution in [-0.2, 0) is 0 Å². The summed E-state index contributed by atoms with van der Waals surface area (Å²) in [6.45, 7) is 0. The van der Waals surface area contributed by atoms with Crippen LogP contribution in [0.15, 0.2) is 82.8 Å². The van der Waals surface area contributed by atoms with Crippen molar-refractivity contribution in [1.29, 1.82) is 0 Å². The largest absolute Gasteiger partial charge is 0.328 e. The highest BCUT2D eigenvalue weighted by atomic mass is 15.1. The van der Waals surface area contributed by atoms with Crippen molar-refractivity contribution >= 4 is 23.0 Å². The lowest BCUT2D eigenvalue weighted by Gasteiger charge is -2.13. The normalized spacial score (nSPS) is 18.2. The summed E-state index contributed by atoms with van der Waals surface area (Å²) in [6.07, 6.45) is 4.85. The van der Waals surface area contributed by atoms with E-state index in [1.165, 1.54) is 0 Å². The van der Waals surface area contributed by atoms with Gasteiger partial charge in [-0.1, -0.05) is 42.5 Å². The molecule has 0 unspecified atom stereocenters. The Bertz CT molecular complexity index is 655. The number of amidine groups is 2. The first-order valence-corrected chi connectivity index (χ1v) is 6.60. The van der Waals surface area contributed by atoms with Crippen LogP contribution in [0.3, 0.4) is 0 Å². The molecule has 1 aliphatic rings. The zero-order valence-electron chi connectivity index (χ0n) is 11.0. The number of aliphatic imine (C=N–C) groups is 2. The molecule has 2 aromatic carbocycles. The average Bonchev–Trinajstić information content (AvgIpc) is 2.50. The molecule has 0 bridgehead atoms. The standard InChI is InChI=1S/C17H15N3/c1-3-8-14(9-4-1)18-16-12-7-13-17(20-16)19-15-10-5-2-6-11-15/h1-12H,13H2,(H,18,19,20). The first kappa shape index (κ1) is 12.4. The van der Waals surface area contributed by atoms with Crippen LogP contribution in [0.5, 0.6) is 0 Å². The van der Waals surface area contributed by atoms with E-state index in [-0.39, 0.29) is 0 Å². The van der Waals surface area contributed by atoms with Gasteiger partial charge < -0.3 is 5.32 Å². The molecular weight excluding hydrogens is 246 g/mol. The van der Waals surface area contributed by atoms with Crippen molar-refractivity contribution in [2.45, 2.75) is 6.42 Å². The number of hydrogen-bond donors (Lipinski definition) is 1. The molecule has 2 aromatic rings. The highest BCUT2D eigenvalue weighted by Gasteiger charge is 2.06. The third kappa shape index (κ3) is 3.20. The Morgan fingerprint density at radius 3 is 2.00 bits per heavy atom. The third-order valence-electron chi connectivity index (χ3n) is 2.89. The third-order valence-corrected chi connectivity index (χ3v) is 2.89. The Hall–Kier alpha value is -2.68. The maximum absolute atomic E-state index is 4.58. The van der Waals surface area contributed by atoms with Gasteiger partial charge in [-0.2, -0.15) is 0 Å².